The molecule has 12 heavy (non-hydrogen) atoms. The minimum absolute atomic E-state index is 0.812. The van der Waals surface area contributed by atoms with E-state index in [0.717, 1.165) is 25.0 Å². The van der Waals surface area contributed by atoms with E-state index in [2.05, 4.69) is 26.2 Å². The Morgan fingerprint density at radius 1 is 1.25 bits per heavy atom. The fourth-order valence-corrected chi connectivity index (χ4v) is 1.88. The Morgan fingerprint density at radius 2 is 1.83 bits per heavy atom. The van der Waals surface area contributed by atoms with Gasteiger partial charge >= 0.3 is 0 Å². The molecular weight excluding hydrogens is 150 g/mol. The topological polar surface area (TPSA) is 32.3 Å². The van der Waals surface area contributed by atoms with E-state index < -0.39 is 0 Å². The van der Waals surface area contributed by atoms with Crippen molar-refractivity contribution < 1.29 is 5.11 Å². The van der Waals surface area contributed by atoms with E-state index in [1.807, 2.05) is 0 Å². The molecule has 1 aliphatic rings. The van der Waals surface area contributed by atoms with E-state index in [1.54, 1.807) is 0 Å². The lowest BCUT2D eigenvalue weighted by molar-refractivity contribution is 0.385. The summed E-state index contributed by atoms with van der Waals surface area (Å²) in [7, 11) is 3.08. The Labute approximate surface area is 76.4 Å². The van der Waals surface area contributed by atoms with Crippen molar-refractivity contribution in [3.8, 4) is 0 Å². The Kier molecular flexibility index (Phi) is 6.39. The molecule has 0 aromatic carbocycles. The van der Waals surface area contributed by atoms with Crippen LogP contribution in [0.25, 0.3) is 0 Å². The third-order valence-electron chi connectivity index (χ3n) is 2.82. The van der Waals surface area contributed by atoms with Crippen LogP contribution in [0.2, 0.25) is 0 Å². The zero-order valence-electron chi connectivity index (χ0n) is 8.80. The van der Waals surface area contributed by atoms with Crippen LogP contribution in [0.4, 0.5) is 0 Å². The first-order chi connectivity index (χ1) is 5.74. The fraction of sp³-hybridized carbons (Fsp3) is 1.00. The molecule has 0 heterocycles. The molecule has 0 radical (unpaired) electrons. The Balaban J connectivity index is 0.000000561. The van der Waals surface area contributed by atoms with Crippen LogP contribution < -0.4 is 5.32 Å². The van der Waals surface area contributed by atoms with E-state index in [4.69, 9.17) is 5.11 Å². The molecule has 2 unspecified atom stereocenters. The summed E-state index contributed by atoms with van der Waals surface area (Å²) in [6.07, 6.45) is 4.22. The molecule has 2 atom stereocenters. The van der Waals surface area contributed by atoms with Gasteiger partial charge in [0, 0.05) is 13.2 Å². The molecule has 2 heteroatoms. The second-order valence-electron chi connectivity index (χ2n) is 3.80. The largest absolute Gasteiger partial charge is 0.400 e. The maximum absolute atomic E-state index is 7.00. The van der Waals surface area contributed by atoms with Gasteiger partial charge in [0.25, 0.3) is 0 Å². The smallest absolute Gasteiger partial charge is 0.0319 e. The highest BCUT2D eigenvalue weighted by Gasteiger charge is 2.24. The van der Waals surface area contributed by atoms with Crippen molar-refractivity contribution in [3.63, 3.8) is 0 Å². The average Bonchev–Trinajstić information content (AvgIpc) is 2.55. The van der Waals surface area contributed by atoms with Crippen molar-refractivity contribution in [2.75, 3.05) is 14.2 Å². The number of aliphatic hydroxyl groups is 1. The highest BCUT2D eigenvalue weighted by atomic mass is 16.2. The molecule has 2 N–H and O–H groups in total. The first-order valence-electron chi connectivity index (χ1n) is 4.86. The van der Waals surface area contributed by atoms with E-state index in [0.29, 0.717) is 0 Å². The summed E-state index contributed by atoms with van der Waals surface area (Å²) in [5, 5.41) is 10.3. The van der Waals surface area contributed by atoms with Gasteiger partial charge in [-0.2, -0.15) is 0 Å². The van der Waals surface area contributed by atoms with E-state index in [-0.39, 0.29) is 0 Å². The molecule has 0 amide bonds. The molecule has 0 aromatic heterocycles. The van der Waals surface area contributed by atoms with Crippen LogP contribution in [0.5, 0.6) is 0 Å². The molecule has 1 rings (SSSR count). The van der Waals surface area contributed by atoms with Crippen molar-refractivity contribution in [3.05, 3.63) is 0 Å². The molecule has 0 saturated heterocycles. The molecule has 1 aliphatic carbocycles. The fourth-order valence-electron chi connectivity index (χ4n) is 1.88. The van der Waals surface area contributed by atoms with Gasteiger partial charge < -0.3 is 10.4 Å². The van der Waals surface area contributed by atoms with Crippen LogP contribution in [0.15, 0.2) is 0 Å². The van der Waals surface area contributed by atoms with Crippen LogP contribution in [0.1, 0.15) is 33.1 Å². The molecule has 0 aromatic rings. The van der Waals surface area contributed by atoms with Gasteiger partial charge in [-0.15, -0.1) is 0 Å². The lowest BCUT2D eigenvalue weighted by Crippen LogP contribution is -2.21. The van der Waals surface area contributed by atoms with Crippen molar-refractivity contribution in [2.24, 2.45) is 11.8 Å². The maximum Gasteiger partial charge on any atom is 0.0319 e. The number of nitrogens with one attached hydrogen (secondary N) is 1. The maximum atomic E-state index is 7.00. The second-order valence-corrected chi connectivity index (χ2v) is 3.80. The highest BCUT2D eigenvalue weighted by Crippen LogP contribution is 2.30. The Hall–Kier alpha value is -0.0800. The van der Waals surface area contributed by atoms with Gasteiger partial charge in [0.05, 0.1) is 0 Å². The number of hydrogen-bond acceptors (Lipinski definition) is 2. The molecule has 1 fully saturated rings. The van der Waals surface area contributed by atoms with Crippen molar-refractivity contribution in [1.82, 2.24) is 5.32 Å². The van der Waals surface area contributed by atoms with Crippen molar-refractivity contribution in [2.45, 2.75) is 39.2 Å². The highest BCUT2D eigenvalue weighted by molar-refractivity contribution is 4.80. The summed E-state index contributed by atoms with van der Waals surface area (Å²) in [6, 6.07) is 0.812. The average molecular weight is 173 g/mol. The monoisotopic (exact) mass is 173 g/mol. The molecule has 0 spiro atoms. The minimum atomic E-state index is 0.812. The molecule has 0 bridgehead atoms. The first-order valence-corrected chi connectivity index (χ1v) is 4.86. The van der Waals surface area contributed by atoms with Crippen LogP contribution in [-0.4, -0.2) is 25.3 Å². The molecule has 0 aliphatic heterocycles. The Morgan fingerprint density at radius 3 is 2.08 bits per heavy atom. The van der Waals surface area contributed by atoms with Crippen LogP contribution in [-0.2, 0) is 0 Å². The minimum Gasteiger partial charge on any atom is -0.400 e. The zero-order chi connectivity index (χ0) is 9.56. The number of rotatable bonds is 2. The third-order valence-corrected chi connectivity index (χ3v) is 2.82. The van der Waals surface area contributed by atoms with Gasteiger partial charge in [-0.05, 0) is 38.1 Å². The summed E-state index contributed by atoms with van der Waals surface area (Å²) in [6.45, 7) is 4.67. The van der Waals surface area contributed by atoms with Gasteiger partial charge in [-0.1, -0.05) is 13.8 Å². The van der Waals surface area contributed by atoms with Crippen molar-refractivity contribution in [1.29, 1.82) is 0 Å². The van der Waals surface area contributed by atoms with Gasteiger partial charge in [-0.3, -0.25) is 0 Å². The van der Waals surface area contributed by atoms with Gasteiger partial charge in [0.15, 0.2) is 0 Å². The molecule has 2 nitrogen and oxygen atoms in total. The molecule has 1 saturated carbocycles. The molecule has 74 valence electrons. The quantitative estimate of drug-likeness (QED) is 0.665. The van der Waals surface area contributed by atoms with Gasteiger partial charge in [0.2, 0.25) is 0 Å². The zero-order valence-corrected chi connectivity index (χ0v) is 8.80. The van der Waals surface area contributed by atoms with Crippen LogP contribution >= 0.6 is 0 Å². The van der Waals surface area contributed by atoms with Crippen molar-refractivity contribution >= 4 is 0 Å². The lowest BCUT2D eigenvalue weighted by Gasteiger charge is -2.13. The van der Waals surface area contributed by atoms with Crippen LogP contribution in [0.3, 0.4) is 0 Å². The number of hydrogen-bond donors (Lipinski definition) is 2. The van der Waals surface area contributed by atoms with Gasteiger partial charge in [0.1, 0.15) is 0 Å². The van der Waals surface area contributed by atoms with Gasteiger partial charge in [-0.25, -0.2) is 0 Å². The summed E-state index contributed by atoms with van der Waals surface area (Å²) in [5.41, 5.74) is 0. The number of aliphatic hydroxyl groups excluding tert-OH is 1. The SMILES string of the molecule is CNC1CCC(C(C)C)C1.CO. The normalized spacial score (nSPS) is 28.5. The second kappa shape index (κ2) is 6.44. The predicted molar refractivity (Wildman–Crippen MR) is 53.2 cm³/mol. The Bertz CT molecular complexity index is 104. The summed E-state index contributed by atoms with van der Waals surface area (Å²) < 4.78 is 0. The van der Waals surface area contributed by atoms with E-state index in [9.17, 15) is 0 Å². The predicted octanol–water partition coefficient (Wildman–Crippen LogP) is 1.64. The standard InChI is InChI=1S/C9H19N.CH4O/c1-7(2)8-4-5-9(6-8)10-3;1-2/h7-10H,4-6H2,1-3H3;2H,1H3. The third kappa shape index (κ3) is 3.55. The summed E-state index contributed by atoms with van der Waals surface area (Å²) >= 11 is 0. The first kappa shape index (κ1) is 11.9. The summed E-state index contributed by atoms with van der Waals surface area (Å²) in [5.74, 6) is 1.87. The van der Waals surface area contributed by atoms with E-state index in [1.165, 1.54) is 19.3 Å². The molecular formula is C10H23NO. The van der Waals surface area contributed by atoms with E-state index >= 15 is 0 Å². The lowest BCUT2D eigenvalue weighted by atomic mass is 9.94. The summed E-state index contributed by atoms with van der Waals surface area (Å²) in [4.78, 5) is 0. The van der Waals surface area contributed by atoms with Crippen LogP contribution in [0, 0.1) is 11.8 Å².